The number of ketones is 1. The number of carbonyl (C=O) groups is 3. The summed E-state index contributed by atoms with van der Waals surface area (Å²) in [6.07, 6.45) is 3.08. The van der Waals surface area contributed by atoms with Gasteiger partial charge in [-0.15, -0.1) is 0 Å². The van der Waals surface area contributed by atoms with Gasteiger partial charge in [-0.3, -0.25) is 9.69 Å². The summed E-state index contributed by atoms with van der Waals surface area (Å²) in [5.41, 5.74) is 3.75. The van der Waals surface area contributed by atoms with E-state index in [1.807, 2.05) is 39.0 Å². The molecule has 1 saturated heterocycles. The lowest BCUT2D eigenvalue weighted by molar-refractivity contribution is -0.153. The van der Waals surface area contributed by atoms with Crippen molar-refractivity contribution in [3.8, 4) is 16.9 Å². The van der Waals surface area contributed by atoms with Crippen molar-refractivity contribution in [1.29, 1.82) is 0 Å². The molecule has 0 spiro atoms. The Kier molecular flexibility index (Phi) is 6.17. The van der Waals surface area contributed by atoms with Crippen LogP contribution in [0.3, 0.4) is 0 Å². The number of halogens is 1. The summed E-state index contributed by atoms with van der Waals surface area (Å²) in [6, 6.07) is 8.75. The van der Waals surface area contributed by atoms with Crippen LogP contribution in [-0.2, 0) is 27.3 Å². The number of Topliss-reactive ketones (excluding diaryl/α,β-unsaturated/α-hetero) is 1. The molecule has 4 aliphatic rings. The van der Waals surface area contributed by atoms with Crippen LogP contribution in [0.2, 0.25) is 5.02 Å². The van der Waals surface area contributed by atoms with Crippen LogP contribution in [0.1, 0.15) is 74.4 Å². The zero-order valence-corrected chi connectivity index (χ0v) is 22.7. The number of nitrogens with zero attached hydrogens (tertiary/aromatic N) is 1. The van der Waals surface area contributed by atoms with Crippen molar-refractivity contribution >= 4 is 29.4 Å². The molecule has 6 rings (SSSR count). The Balaban J connectivity index is 1.21. The minimum Gasteiger partial charge on any atom is -0.488 e. The number of likely N-dealkylation sites (tertiary alicyclic amines) is 1. The number of amides is 1. The van der Waals surface area contributed by atoms with E-state index in [1.165, 1.54) is 0 Å². The molecule has 200 valence electrons. The molecule has 2 aromatic carbocycles. The largest absolute Gasteiger partial charge is 0.488 e. The van der Waals surface area contributed by atoms with Gasteiger partial charge < -0.3 is 14.2 Å². The SMILES string of the molecule is CC(C)(C)OC(=O)N1C(C(=O)OC2CCc3cc4c(cc3C2=O)COc2cc(Cl)ccc2-4)CC2CCC[C@@H]21. The number of esters is 1. The van der Waals surface area contributed by atoms with Crippen molar-refractivity contribution in [2.45, 2.75) is 89.7 Å². The predicted octanol–water partition coefficient (Wildman–Crippen LogP) is 6.12. The molecule has 0 bridgehead atoms. The van der Waals surface area contributed by atoms with E-state index in [1.54, 1.807) is 11.0 Å². The maximum absolute atomic E-state index is 13.5. The van der Waals surface area contributed by atoms with Gasteiger partial charge in [0, 0.05) is 22.2 Å². The van der Waals surface area contributed by atoms with Gasteiger partial charge in [0.25, 0.3) is 0 Å². The number of carbonyl (C=O) groups excluding carboxylic acids is 3. The molecule has 0 radical (unpaired) electrons. The van der Waals surface area contributed by atoms with Crippen molar-refractivity contribution < 1.29 is 28.6 Å². The Morgan fingerprint density at radius 2 is 1.82 bits per heavy atom. The van der Waals surface area contributed by atoms with Gasteiger partial charge >= 0.3 is 12.1 Å². The molecule has 1 saturated carbocycles. The van der Waals surface area contributed by atoms with Gasteiger partial charge in [0.1, 0.15) is 24.0 Å². The summed E-state index contributed by atoms with van der Waals surface area (Å²) in [5.74, 6) is 0.271. The van der Waals surface area contributed by atoms with Gasteiger partial charge in [-0.05, 0) is 106 Å². The van der Waals surface area contributed by atoms with Gasteiger partial charge in [-0.2, -0.15) is 0 Å². The number of hydrogen-bond donors (Lipinski definition) is 0. The third-order valence-corrected chi connectivity index (χ3v) is 8.39. The first-order valence-electron chi connectivity index (χ1n) is 13.4. The topological polar surface area (TPSA) is 82.1 Å². The smallest absolute Gasteiger partial charge is 0.411 e. The number of hydrogen-bond acceptors (Lipinski definition) is 6. The Hall–Kier alpha value is -3.06. The van der Waals surface area contributed by atoms with Gasteiger partial charge in [-0.1, -0.05) is 18.0 Å². The summed E-state index contributed by atoms with van der Waals surface area (Å²) in [7, 11) is 0. The Morgan fingerprint density at radius 3 is 2.61 bits per heavy atom. The molecular formula is C30H32ClNO6. The van der Waals surface area contributed by atoms with Crippen LogP contribution < -0.4 is 4.74 Å². The molecule has 2 aromatic rings. The quantitative estimate of drug-likeness (QED) is 0.429. The van der Waals surface area contributed by atoms with E-state index in [0.29, 0.717) is 36.5 Å². The standard InChI is InChI=1S/C30H32ClNO6/c1-30(2,3)38-29(35)32-23-6-4-5-17(23)13-24(32)28(34)37-25-10-7-16-11-21-18(12-22(16)27(25)33)15-36-26-14-19(31)8-9-20(21)26/h8-9,11-12,14,17,23-25H,4-7,10,13,15H2,1-3H3/t17?,23-,24?,25?/m0/s1. The van der Waals surface area contributed by atoms with Crippen molar-refractivity contribution in [2.75, 3.05) is 0 Å². The highest BCUT2D eigenvalue weighted by atomic mass is 35.5. The molecule has 4 atom stereocenters. The van der Waals surface area contributed by atoms with Crippen LogP contribution in [0.25, 0.3) is 11.1 Å². The average Bonchev–Trinajstić information content (AvgIpc) is 3.45. The maximum Gasteiger partial charge on any atom is 0.411 e. The zero-order valence-electron chi connectivity index (χ0n) is 21.9. The van der Waals surface area contributed by atoms with Gasteiger partial charge in [-0.25, -0.2) is 9.59 Å². The molecule has 0 N–H and O–H groups in total. The lowest BCUT2D eigenvalue weighted by Crippen LogP contribution is -2.49. The first kappa shape index (κ1) is 25.2. The van der Waals surface area contributed by atoms with E-state index < -0.39 is 29.8 Å². The fourth-order valence-electron chi connectivity index (χ4n) is 6.49. The van der Waals surface area contributed by atoms with Crippen molar-refractivity contribution in [3.05, 3.63) is 52.0 Å². The third-order valence-electron chi connectivity index (χ3n) is 8.15. The van der Waals surface area contributed by atoms with Crippen LogP contribution in [0.5, 0.6) is 5.75 Å². The molecule has 38 heavy (non-hydrogen) atoms. The van der Waals surface area contributed by atoms with Gasteiger partial charge in [0.05, 0.1) is 0 Å². The molecule has 3 unspecified atom stereocenters. The fourth-order valence-corrected chi connectivity index (χ4v) is 6.65. The molecule has 2 aliphatic carbocycles. The second kappa shape index (κ2) is 9.30. The molecule has 2 fully saturated rings. The molecule has 8 heteroatoms. The molecule has 7 nitrogen and oxygen atoms in total. The lowest BCUT2D eigenvalue weighted by atomic mass is 9.83. The molecule has 1 amide bonds. The first-order chi connectivity index (χ1) is 18.1. The molecular weight excluding hydrogens is 506 g/mol. The minimum absolute atomic E-state index is 0.0190. The summed E-state index contributed by atoms with van der Waals surface area (Å²) in [5, 5.41) is 0.612. The molecule has 0 aromatic heterocycles. The summed E-state index contributed by atoms with van der Waals surface area (Å²) in [6.45, 7) is 5.78. The van der Waals surface area contributed by atoms with E-state index in [2.05, 4.69) is 6.07 Å². The van der Waals surface area contributed by atoms with E-state index in [9.17, 15) is 14.4 Å². The second-order valence-electron chi connectivity index (χ2n) is 11.8. The number of benzene rings is 2. The Morgan fingerprint density at radius 1 is 1.03 bits per heavy atom. The first-order valence-corrected chi connectivity index (χ1v) is 13.8. The average molecular weight is 538 g/mol. The Labute approximate surface area is 227 Å². The van der Waals surface area contributed by atoms with E-state index in [0.717, 1.165) is 47.3 Å². The van der Waals surface area contributed by atoms with Gasteiger partial charge in [0.2, 0.25) is 5.78 Å². The Bertz CT molecular complexity index is 1330. The third kappa shape index (κ3) is 4.45. The molecule has 2 aliphatic heterocycles. The fraction of sp³-hybridized carbons (Fsp3) is 0.500. The monoisotopic (exact) mass is 537 g/mol. The normalized spacial score (nSPS) is 25.6. The van der Waals surface area contributed by atoms with Crippen LogP contribution in [-0.4, -0.2) is 46.5 Å². The van der Waals surface area contributed by atoms with Crippen LogP contribution in [0.15, 0.2) is 30.3 Å². The minimum atomic E-state index is -0.871. The highest BCUT2D eigenvalue weighted by Crippen LogP contribution is 2.44. The molecule has 2 heterocycles. The van der Waals surface area contributed by atoms with Crippen LogP contribution in [0, 0.1) is 5.92 Å². The number of aryl methyl sites for hydroxylation is 1. The van der Waals surface area contributed by atoms with Crippen LogP contribution in [0.4, 0.5) is 4.79 Å². The van der Waals surface area contributed by atoms with Gasteiger partial charge in [0.15, 0.2) is 6.10 Å². The lowest BCUT2D eigenvalue weighted by Gasteiger charge is -2.32. The zero-order chi connectivity index (χ0) is 26.8. The highest BCUT2D eigenvalue weighted by molar-refractivity contribution is 6.30. The predicted molar refractivity (Wildman–Crippen MR) is 141 cm³/mol. The van der Waals surface area contributed by atoms with E-state index in [-0.39, 0.29) is 17.7 Å². The number of fused-ring (bicyclic) bond motifs is 5. The summed E-state index contributed by atoms with van der Waals surface area (Å²) >= 11 is 6.13. The maximum atomic E-state index is 13.5. The van der Waals surface area contributed by atoms with Crippen molar-refractivity contribution in [1.82, 2.24) is 4.90 Å². The highest BCUT2D eigenvalue weighted by Gasteiger charge is 2.51. The van der Waals surface area contributed by atoms with Crippen molar-refractivity contribution in [3.63, 3.8) is 0 Å². The van der Waals surface area contributed by atoms with E-state index in [4.69, 9.17) is 25.8 Å². The van der Waals surface area contributed by atoms with Crippen molar-refractivity contribution in [2.24, 2.45) is 5.92 Å². The number of rotatable bonds is 2. The van der Waals surface area contributed by atoms with Crippen LogP contribution >= 0.6 is 11.6 Å². The number of ether oxygens (including phenoxy) is 3. The van der Waals surface area contributed by atoms with E-state index >= 15 is 0 Å². The summed E-state index contributed by atoms with van der Waals surface area (Å²) in [4.78, 5) is 41.6. The second-order valence-corrected chi connectivity index (χ2v) is 12.3. The summed E-state index contributed by atoms with van der Waals surface area (Å²) < 4.78 is 17.4.